The Morgan fingerprint density at radius 1 is 1.13 bits per heavy atom. The summed E-state index contributed by atoms with van der Waals surface area (Å²) in [6.07, 6.45) is 2.91. The molecule has 0 aliphatic carbocycles. The molecule has 0 saturated carbocycles. The number of nitrogen functional groups attached to an aromatic ring is 1. The van der Waals surface area contributed by atoms with Gasteiger partial charge in [0.1, 0.15) is 5.69 Å². The van der Waals surface area contributed by atoms with Crippen molar-refractivity contribution in [2.24, 2.45) is 0 Å². The highest BCUT2D eigenvalue weighted by Gasteiger charge is 2.24. The van der Waals surface area contributed by atoms with Gasteiger partial charge in [-0.25, -0.2) is 32.2 Å². The first kappa shape index (κ1) is 21.3. The van der Waals surface area contributed by atoms with Crippen LogP contribution < -0.4 is 15.2 Å². The minimum Gasteiger partial charge on any atom is -0.435 e. The van der Waals surface area contributed by atoms with Crippen LogP contribution in [0.3, 0.4) is 0 Å². The molecule has 1 aromatic carbocycles. The van der Waals surface area contributed by atoms with E-state index >= 15 is 0 Å². The van der Waals surface area contributed by atoms with Gasteiger partial charge in [-0.15, -0.1) is 0 Å². The van der Waals surface area contributed by atoms with Gasteiger partial charge in [0.2, 0.25) is 27.7 Å². The smallest absolute Gasteiger partial charge is 0.232 e. The Hall–Kier alpha value is -3.41. The molecule has 0 saturated heterocycles. The van der Waals surface area contributed by atoms with Crippen LogP contribution in [0.25, 0.3) is 11.3 Å². The van der Waals surface area contributed by atoms with Crippen LogP contribution in [0.5, 0.6) is 11.6 Å². The zero-order valence-corrected chi connectivity index (χ0v) is 16.4. The summed E-state index contributed by atoms with van der Waals surface area (Å²) in [6, 6.07) is 5.09. The van der Waals surface area contributed by atoms with E-state index < -0.39 is 38.9 Å². The minimum atomic E-state index is -4.04. The zero-order valence-electron chi connectivity index (χ0n) is 15.6. The van der Waals surface area contributed by atoms with Crippen molar-refractivity contribution in [2.75, 3.05) is 16.2 Å². The molecular formula is C18H16F3N5O3S. The summed E-state index contributed by atoms with van der Waals surface area (Å²) < 4.78 is 73.9. The normalized spacial score (nSPS) is 11.3. The number of nitrogens with zero attached hydrogens (tertiary/aromatic N) is 3. The highest BCUT2D eigenvalue weighted by Crippen LogP contribution is 2.35. The third-order valence-electron chi connectivity index (χ3n) is 3.78. The van der Waals surface area contributed by atoms with Crippen LogP contribution in [0.2, 0.25) is 0 Å². The number of aromatic nitrogens is 3. The lowest BCUT2D eigenvalue weighted by Gasteiger charge is -2.14. The van der Waals surface area contributed by atoms with E-state index in [1.807, 2.05) is 0 Å². The van der Waals surface area contributed by atoms with Crippen LogP contribution in [0, 0.1) is 17.5 Å². The van der Waals surface area contributed by atoms with Gasteiger partial charge in [0.05, 0.1) is 17.0 Å². The molecule has 158 valence electrons. The number of benzene rings is 1. The summed E-state index contributed by atoms with van der Waals surface area (Å²) in [5.74, 6) is -6.14. The summed E-state index contributed by atoms with van der Waals surface area (Å²) in [4.78, 5) is 11.7. The molecule has 0 spiro atoms. The van der Waals surface area contributed by atoms with E-state index in [4.69, 9.17) is 10.5 Å². The Morgan fingerprint density at radius 3 is 2.60 bits per heavy atom. The van der Waals surface area contributed by atoms with Crippen LogP contribution in [0.15, 0.2) is 36.7 Å². The lowest BCUT2D eigenvalue weighted by atomic mass is 10.2. The number of ether oxygens (including phenoxy) is 1. The van der Waals surface area contributed by atoms with E-state index in [9.17, 15) is 21.6 Å². The van der Waals surface area contributed by atoms with Crippen molar-refractivity contribution in [3.05, 3.63) is 54.1 Å². The molecule has 2 heterocycles. The first-order chi connectivity index (χ1) is 14.2. The predicted octanol–water partition coefficient (Wildman–Crippen LogP) is 3.48. The maximum atomic E-state index is 14.5. The highest BCUT2D eigenvalue weighted by molar-refractivity contribution is 7.92. The van der Waals surface area contributed by atoms with Crippen molar-refractivity contribution in [1.29, 1.82) is 0 Å². The van der Waals surface area contributed by atoms with Crippen molar-refractivity contribution in [3.63, 3.8) is 0 Å². The number of rotatable bonds is 7. The van der Waals surface area contributed by atoms with Gasteiger partial charge in [-0.1, -0.05) is 6.92 Å². The lowest BCUT2D eigenvalue weighted by Crippen LogP contribution is -2.18. The second kappa shape index (κ2) is 8.53. The molecule has 0 unspecified atom stereocenters. The average Bonchev–Trinajstić information content (AvgIpc) is 2.69. The topological polar surface area (TPSA) is 120 Å². The van der Waals surface area contributed by atoms with Gasteiger partial charge in [-0.05, 0) is 24.6 Å². The van der Waals surface area contributed by atoms with Crippen LogP contribution in [0.1, 0.15) is 13.3 Å². The first-order valence-electron chi connectivity index (χ1n) is 8.61. The highest BCUT2D eigenvalue weighted by atomic mass is 32.2. The van der Waals surface area contributed by atoms with Crippen LogP contribution >= 0.6 is 0 Å². The van der Waals surface area contributed by atoms with Gasteiger partial charge in [-0.3, -0.25) is 4.72 Å². The Balaban J connectivity index is 2.00. The van der Waals surface area contributed by atoms with E-state index in [0.29, 0.717) is 6.07 Å². The molecule has 0 aliphatic rings. The fourth-order valence-corrected chi connectivity index (χ4v) is 3.65. The standard InChI is InChI=1S/C18H16F3N5O3S/c1-2-8-30(27,28)26-16-11(19)9-13(14(20)15(16)21)29-17-10(4-3-6-23-17)12-5-7-24-18(22)25-12/h3-7,9,26H,2,8H2,1H3,(H2,22,24,25). The molecule has 0 aliphatic heterocycles. The number of hydrogen-bond donors (Lipinski definition) is 2. The molecule has 30 heavy (non-hydrogen) atoms. The van der Waals surface area contributed by atoms with Crippen molar-refractivity contribution in [2.45, 2.75) is 13.3 Å². The largest absolute Gasteiger partial charge is 0.435 e. The average molecular weight is 439 g/mol. The molecule has 0 bridgehead atoms. The van der Waals surface area contributed by atoms with Gasteiger partial charge in [0.25, 0.3) is 0 Å². The number of nitrogens with one attached hydrogen (secondary N) is 1. The summed E-state index contributed by atoms with van der Waals surface area (Å²) in [6.45, 7) is 1.57. The molecule has 0 fully saturated rings. The molecule has 2 aromatic heterocycles. The first-order valence-corrected chi connectivity index (χ1v) is 10.3. The molecule has 12 heteroatoms. The quantitative estimate of drug-likeness (QED) is 0.541. The number of hydrogen-bond acceptors (Lipinski definition) is 7. The fourth-order valence-electron chi connectivity index (χ4n) is 2.51. The zero-order chi connectivity index (χ0) is 21.9. The molecule has 3 N–H and O–H groups in total. The van der Waals surface area contributed by atoms with Crippen molar-refractivity contribution >= 4 is 21.7 Å². The van der Waals surface area contributed by atoms with E-state index in [-0.39, 0.29) is 35.3 Å². The second-order valence-corrected chi connectivity index (χ2v) is 7.88. The number of halogens is 3. The molecule has 0 atom stereocenters. The molecule has 3 rings (SSSR count). The second-order valence-electron chi connectivity index (χ2n) is 6.04. The Morgan fingerprint density at radius 2 is 1.90 bits per heavy atom. The maximum Gasteiger partial charge on any atom is 0.232 e. The monoisotopic (exact) mass is 439 g/mol. The molecule has 0 radical (unpaired) electrons. The Bertz CT molecular complexity index is 1190. The van der Waals surface area contributed by atoms with Gasteiger partial charge in [-0.2, -0.15) is 4.39 Å². The van der Waals surface area contributed by atoms with Crippen LogP contribution in [-0.4, -0.2) is 29.1 Å². The van der Waals surface area contributed by atoms with Crippen molar-refractivity contribution < 1.29 is 26.3 Å². The molecule has 3 aromatic rings. The molecular weight excluding hydrogens is 423 g/mol. The fraction of sp³-hybridized carbons (Fsp3) is 0.167. The number of nitrogens with two attached hydrogens (primary N) is 1. The van der Waals surface area contributed by atoms with Crippen LogP contribution in [-0.2, 0) is 10.0 Å². The predicted molar refractivity (Wildman–Crippen MR) is 104 cm³/mol. The Labute approximate surface area is 170 Å². The summed E-state index contributed by atoms with van der Waals surface area (Å²) >= 11 is 0. The number of anilines is 2. The van der Waals surface area contributed by atoms with E-state index in [1.165, 1.54) is 24.5 Å². The van der Waals surface area contributed by atoms with E-state index in [0.717, 1.165) is 0 Å². The van der Waals surface area contributed by atoms with E-state index in [1.54, 1.807) is 17.7 Å². The van der Waals surface area contributed by atoms with Gasteiger partial charge >= 0.3 is 0 Å². The summed E-state index contributed by atoms with van der Waals surface area (Å²) in [5.41, 5.74) is 4.98. The maximum absolute atomic E-state index is 14.5. The van der Waals surface area contributed by atoms with Crippen molar-refractivity contribution in [3.8, 4) is 22.9 Å². The number of pyridine rings is 1. The molecule has 8 nitrogen and oxygen atoms in total. The Kier molecular flexibility index (Phi) is 6.06. The SMILES string of the molecule is CCCS(=O)(=O)Nc1c(F)cc(Oc2ncccc2-c2ccnc(N)n2)c(F)c1F. The summed E-state index contributed by atoms with van der Waals surface area (Å²) in [5, 5.41) is 0. The lowest BCUT2D eigenvalue weighted by molar-refractivity contribution is 0.401. The molecule has 0 amide bonds. The number of sulfonamides is 1. The van der Waals surface area contributed by atoms with E-state index in [2.05, 4.69) is 15.0 Å². The van der Waals surface area contributed by atoms with Gasteiger partial charge < -0.3 is 10.5 Å². The summed E-state index contributed by atoms with van der Waals surface area (Å²) in [7, 11) is -4.04. The van der Waals surface area contributed by atoms with Gasteiger partial charge in [0, 0.05) is 18.5 Å². The third kappa shape index (κ3) is 4.59. The van der Waals surface area contributed by atoms with Gasteiger partial charge in [0.15, 0.2) is 17.4 Å². The van der Waals surface area contributed by atoms with Crippen molar-refractivity contribution in [1.82, 2.24) is 15.0 Å². The minimum absolute atomic E-state index is 0.0331. The third-order valence-corrected chi connectivity index (χ3v) is 5.24. The van der Waals surface area contributed by atoms with Crippen LogP contribution in [0.4, 0.5) is 24.8 Å².